The van der Waals surface area contributed by atoms with Crippen LogP contribution in [0.4, 0.5) is 16.3 Å². The number of nitrogens with one attached hydrogen (secondary N) is 3. The van der Waals surface area contributed by atoms with Crippen molar-refractivity contribution in [1.29, 1.82) is 0 Å². The summed E-state index contributed by atoms with van der Waals surface area (Å²) >= 11 is 0. The molecule has 32 heavy (non-hydrogen) atoms. The van der Waals surface area contributed by atoms with Crippen LogP contribution in [0.25, 0.3) is 0 Å². The predicted octanol–water partition coefficient (Wildman–Crippen LogP) is 2.36. The van der Waals surface area contributed by atoms with Crippen molar-refractivity contribution in [2.45, 2.75) is 63.1 Å². The molecule has 0 saturated heterocycles. The highest BCUT2D eigenvalue weighted by Gasteiger charge is 2.41. The molecule has 1 fully saturated rings. The van der Waals surface area contributed by atoms with Gasteiger partial charge in [-0.15, -0.1) is 0 Å². The number of benzene rings is 1. The van der Waals surface area contributed by atoms with Crippen LogP contribution in [-0.4, -0.2) is 36.7 Å². The van der Waals surface area contributed by atoms with Crippen molar-refractivity contribution < 1.29 is 27.3 Å². The molecule has 0 bridgehead atoms. The third-order valence-corrected chi connectivity index (χ3v) is 6.21. The zero-order chi connectivity index (χ0) is 23.7. The Morgan fingerprint density at radius 3 is 2.56 bits per heavy atom. The lowest BCUT2D eigenvalue weighted by atomic mass is 10.1. The number of ether oxygens (including phenoxy) is 1. The smallest absolute Gasteiger partial charge is 0.413 e. The lowest BCUT2D eigenvalue weighted by Gasteiger charge is -2.18. The number of aromatic nitrogens is 1. The number of nitrogens with two attached hydrogens (primary N) is 1. The molecule has 11 nitrogen and oxygen atoms in total. The van der Waals surface area contributed by atoms with Crippen LogP contribution in [0, 0.1) is 0 Å². The fraction of sp³-hybridized carbons (Fsp3) is 0.450. The quantitative estimate of drug-likeness (QED) is 0.452. The van der Waals surface area contributed by atoms with Gasteiger partial charge in [-0.1, -0.05) is 5.16 Å². The summed E-state index contributed by atoms with van der Waals surface area (Å²) in [6.45, 7) is 6.94. The van der Waals surface area contributed by atoms with Crippen LogP contribution >= 0.6 is 0 Å². The van der Waals surface area contributed by atoms with Crippen molar-refractivity contribution in [1.82, 2.24) is 15.2 Å². The normalized spacial score (nSPS) is 15.1. The number of carbonyl (C=O) groups excluding carboxylic acids is 2. The largest absolute Gasteiger partial charge is 0.444 e. The average Bonchev–Trinajstić information content (AvgIpc) is 3.19. The highest BCUT2D eigenvalue weighted by Crippen LogP contribution is 2.36. The summed E-state index contributed by atoms with van der Waals surface area (Å²) in [6, 6.07) is 5.38. The van der Waals surface area contributed by atoms with Gasteiger partial charge in [-0.3, -0.25) is 10.1 Å². The molecule has 1 heterocycles. The number of hydrogen-bond donors (Lipinski definition) is 4. The Labute approximate surface area is 186 Å². The average molecular weight is 466 g/mol. The molecule has 1 aromatic carbocycles. The summed E-state index contributed by atoms with van der Waals surface area (Å²) in [5.74, 6) is -0.207. The van der Waals surface area contributed by atoms with Gasteiger partial charge in [-0.05, 0) is 58.7 Å². The Morgan fingerprint density at radius 2 is 1.94 bits per heavy atom. The van der Waals surface area contributed by atoms with Crippen molar-refractivity contribution in [2.75, 3.05) is 11.1 Å². The second-order valence-electron chi connectivity index (χ2n) is 8.90. The van der Waals surface area contributed by atoms with E-state index in [1.54, 1.807) is 20.8 Å². The fourth-order valence-corrected chi connectivity index (χ4v) is 4.19. The van der Waals surface area contributed by atoms with Crippen LogP contribution in [0.2, 0.25) is 0 Å². The third kappa shape index (κ3) is 6.20. The molecular weight excluding hydrogens is 438 g/mol. The summed E-state index contributed by atoms with van der Waals surface area (Å²) in [7, 11) is -3.78. The van der Waals surface area contributed by atoms with E-state index in [1.807, 2.05) is 6.92 Å². The topological polar surface area (TPSA) is 166 Å². The molecule has 0 radical (unpaired) electrons. The summed E-state index contributed by atoms with van der Waals surface area (Å²) in [4.78, 5) is 24.3. The molecule has 1 aliphatic carbocycles. The van der Waals surface area contributed by atoms with Gasteiger partial charge in [-0.25, -0.2) is 17.9 Å². The van der Waals surface area contributed by atoms with Gasteiger partial charge < -0.3 is 20.3 Å². The van der Waals surface area contributed by atoms with E-state index in [0.29, 0.717) is 0 Å². The number of rotatable bonds is 7. The second-order valence-corrected chi connectivity index (χ2v) is 10.6. The van der Waals surface area contributed by atoms with Crippen molar-refractivity contribution in [3.8, 4) is 0 Å². The summed E-state index contributed by atoms with van der Waals surface area (Å²) in [5.41, 5.74) is 4.91. The van der Waals surface area contributed by atoms with Crippen LogP contribution in [0.1, 0.15) is 56.7 Å². The molecule has 0 unspecified atom stereocenters. The highest BCUT2D eigenvalue weighted by atomic mass is 32.2. The van der Waals surface area contributed by atoms with E-state index >= 15 is 0 Å². The summed E-state index contributed by atoms with van der Waals surface area (Å²) in [5, 5.41) is 8.70. The lowest BCUT2D eigenvalue weighted by molar-refractivity contribution is 0.0634. The van der Waals surface area contributed by atoms with E-state index in [2.05, 4.69) is 20.5 Å². The molecular formula is C20H27N5O6S. The van der Waals surface area contributed by atoms with Gasteiger partial charge in [-0.2, -0.15) is 0 Å². The van der Waals surface area contributed by atoms with E-state index in [9.17, 15) is 18.0 Å². The fourth-order valence-electron chi connectivity index (χ4n) is 2.70. The van der Waals surface area contributed by atoms with E-state index < -0.39 is 33.2 Å². The van der Waals surface area contributed by atoms with E-state index in [0.717, 1.165) is 12.8 Å². The molecule has 3 rings (SSSR count). The minimum Gasteiger partial charge on any atom is -0.444 e. The minimum atomic E-state index is -3.78. The Morgan fingerprint density at radius 1 is 1.25 bits per heavy atom. The first-order valence-corrected chi connectivity index (χ1v) is 11.4. The molecule has 0 aliphatic heterocycles. The van der Waals surface area contributed by atoms with Crippen molar-refractivity contribution >= 4 is 33.5 Å². The SMILES string of the molecule is CC1(NS(=O)(=O)c2ccc(N)c(C(=O)NCc3cc(NC(=O)OC(C)(C)C)no3)c2)CC1. The van der Waals surface area contributed by atoms with Crippen molar-refractivity contribution in [3.63, 3.8) is 0 Å². The van der Waals surface area contributed by atoms with E-state index in [-0.39, 0.29) is 34.3 Å². The Kier molecular flexibility index (Phi) is 6.20. The molecule has 12 heteroatoms. The van der Waals surface area contributed by atoms with Crippen LogP contribution in [-0.2, 0) is 21.3 Å². The second kappa shape index (κ2) is 8.43. The third-order valence-electron chi connectivity index (χ3n) is 4.57. The number of amides is 2. The number of nitrogens with zero attached hydrogens (tertiary/aromatic N) is 1. The summed E-state index contributed by atoms with van der Waals surface area (Å²) < 4.78 is 38.0. The first kappa shape index (κ1) is 23.5. The highest BCUT2D eigenvalue weighted by molar-refractivity contribution is 7.89. The molecule has 0 spiro atoms. The molecule has 0 atom stereocenters. The molecule has 174 valence electrons. The Balaban J connectivity index is 1.63. The van der Waals surface area contributed by atoms with Gasteiger partial charge in [0.05, 0.1) is 17.0 Å². The van der Waals surface area contributed by atoms with Gasteiger partial charge in [0.15, 0.2) is 11.6 Å². The van der Waals surface area contributed by atoms with Crippen LogP contribution in [0.15, 0.2) is 33.7 Å². The van der Waals surface area contributed by atoms with E-state index in [1.165, 1.54) is 24.3 Å². The first-order valence-electron chi connectivity index (χ1n) is 9.94. The molecule has 1 saturated carbocycles. The molecule has 1 aliphatic rings. The molecule has 2 aromatic rings. The van der Waals surface area contributed by atoms with Crippen molar-refractivity contribution in [2.24, 2.45) is 0 Å². The number of anilines is 2. The Hall–Kier alpha value is -3.12. The molecule has 2 amide bonds. The maximum Gasteiger partial charge on any atom is 0.413 e. The van der Waals surface area contributed by atoms with E-state index in [4.69, 9.17) is 15.0 Å². The van der Waals surface area contributed by atoms with Gasteiger partial charge in [0.1, 0.15) is 5.60 Å². The summed E-state index contributed by atoms with van der Waals surface area (Å²) in [6.07, 6.45) is 0.827. The maximum absolute atomic E-state index is 12.6. The van der Waals surface area contributed by atoms with Gasteiger partial charge in [0.2, 0.25) is 10.0 Å². The maximum atomic E-state index is 12.6. The van der Waals surface area contributed by atoms with Gasteiger partial charge in [0, 0.05) is 17.3 Å². The predicted molar refractivity (Wildman–Crippen MR) is 116 cm³/mol. The molecule has 1 aromatic heterocycles. The zero-order valence-electron chi connectivity index (χ0n) is 18.3. The zero-order valence-corrected chi connectivity index (χ0v) is 19.1. The number of sulfonamides is 1. The number of carbonyl (C=O) groups is 2. The first-order chi connectivity index (χ1) is 14.8. The van der Waals surface area contributed by atoms with Crippen LogP contribution < -0.4 is 21.1 Å². The minimum absolute atomic E-state index is 0.0143. The molecule has 5 N–H and O–H groups in total. The van der Waals surface area contributed by atoms with Crippen LogP contribution in [0.3, 0.4) is 0 Å². The monoisotopic (exact) mass is 465 g/mol. The lowest BCUT2D eigenvalue weighted by Crippen LogP contribution is -2.34. The standard InChI is InChI=1S/C20H27N5O6S/c1-19(2,3)30-18(27)23-16-9-12(31-24-16)11-22-17(26)14-10-13(5-6-15(14)21)32(28,29)25-20(4)7-8-20/h5-6,9-10,25H,7-8,11,21H2,1-4H3,(H,22,26)(H,23,24,27). The van der Waals surface area contributed by atoms with Crippen LogP contribution in [0.5, 0.6) is 0 Å². The van der Waals surface area contributed by atoms with Crippen molar-refractivity contribution in [3.05, 3.63) is 35.6 Å². The number of hydrogen-bond acceptors (Lipinski definition) is 8. The number of nitrogen functional groups attached to an aromatic ring is 1. The van der Waals surface area contributed by atoms with Gasteiger partial charge >= 0.3 is 6.09 Å². The Bertz CT molecular complexity index is 1130. The van der Waals surface area contributed by atoms with Gasteiger partial charge in [0.25, 0.3) is 5.91 Å².